The highest BCUT2D eigenvalue weighted by molar-refractivity contribution is 8.17. The molecule has 0 fully saturated rings. The van der Waals surface area contributed by atoms with Gasteiger partial charge in [0.1, 0.15) is 22.8 Å². The number of benzene rings is 2. The first-order valence-corrected chi connectivity index (χ1v) is 11.0. The SMILES string of the molecule is CCOC(=O)C1=C(c2ccccc2)N=C2SC(C#N)=C(N)N2[C@@H]1c1cccc(OC)c1OC. The molecule has 0 saturated carbocycles. The second kappa shape index (κ2) is 9.30. The van der Waals surface area contributed by atoms with E-state index in [1.165, 1.54) is 7.11 Å². The number of para-hydroxylation sites is 1. The number of thioether (sulfide) groups is 1. The highest BCUT2D eigenvalue weighted by Gasteiger charge is 2.45. The van der Waals surface area contributed by atoms with Gasteiger partial charge in [-0.3, -0.25) is 4.90 Å². The van der Waals surface area contributed by atoms with Crippen molar-refractivity contribution >= 4 is 28.6 Å². The Labute approximate surface area is 195 Å². The number of nitrogens with zero attached hydrogens (tertiary/aromatic N) is 3. The first-order valence-electron chi connectivity index (χ1n) is 10.2. The van der Waals surface area contributed by atoms with Gasteiger partial charge < -0.3 is 19.9 Å². The summed E-state index contributed by atoms with van der Waals surface area (Å²) in [5.74, 6) is 0.629. The zero-order valence-corrected chi connectivity index (χ0v) is 19.2. The van der Waals surface area contributed by atoms with E-state index >= 15 is 0 Å². The third-order valence-electron chi connectivity index (χ3n) is 5.26. The van der Waals surface area contributed by atoms with Crippen molar-refractivity contribution in [2.75, 3.05) is 20.8 Å². The third kappa shape index (κ3) is 3.79. The molecule has 0 aromatic heterocycles. The van der Waals surface area contributed by atoms with E-state index in [9.17, 15) is 10.1 Å². The van der Waals surface area contributed by atoms with E-state index in [1.807, 2.05) is 36.4 Å². The van der Waals surface area contributed by atoms with Crippen molar-refractivity contribution in [2.45, 2.75) is 13.0 Å². The number of nitriles is 1. The lowest BCUT2D eigenvalue weighted by Gasteiger charge is -2.36. The molecule has 2 aromatic rings. The fraction of sp³-hybridized carbons (Fsp3) is 0.208. The monoisotopic (exact) mass is 462 g/mol. The molecule has 0 amide bonds. The van der Waals surface area contributed by atoms with E-state index < -0.39 is 12.0 Å². The van der Waals surface area contributed by atoms with Gasteiger partial charge in [0.2, 0.25) is 0 Å². The Balaban J connectivity index is 2.06. The second-order valence-electron chi connectivity index (χ2n) is 7.03. The van der Waals surface area contributed by atoms with Crippen LogP contribution < -0.4 is 15.2 Å². The van der Waals surface area contributed by atoms with Crippen molar-refractivity contribution in [3.63, 3.8) is 0 Å². The number of aliphatic imine (C=N–C) groups is 1. The number of carbonyl (C=O) groups is 1. The van der Waals surface area contributed by atoms with Crippen molar-refractivity contribution in [1.82, 2.24) is 4.90 Å². The largest absolute Gasteiger partial charge is 0.493 e. The van der Waals surface area contributed by atoms with Crippen LogP contribution in [0.4, 0.5) is 0 Å². The Morgan fingerprint density at radius 3 is 2.58 bits per heavy atom. The van der Waals surface area contributed by atoms with Crippen LogP contribution in [0.25, 0.3) is 5.70 Å². The van der Waals surface area contributed by atoms with Gasteiger partial charge in [0.05, 0.1) is 32.1 Å². The molecular weight excluding hydrogens is 440 g/mol. The predicted molar refractivity (Wildman–Crippen MR) is 126 cm³/mol. The van der Waals surface area contributed by atoms with Crippen LogP contribution >= 0.6 is 11.8 Å². The van der Waals surface area contributed by atoms with Crippen molar-refractivity contribution in [3.8, 4) is 17.6 Å². The molecule has 168 valence electrons. The molecule has 2 N–H and O–H groups in total. The predicted octanol–water partition coefficient (Wildman–Crippen LogP) is 3.79. The summed E-state index contributed by atoms with van der Waals surface area (Å²) in [5, 5.41) is 10.1. The molecule has 0 aliphatic carbocycles. The molecule has 9 heteroatoms. The van der Waals surface area contributed by atoms with Crippen LogP contribution in [-0.4, -0.2) is 36.9 Å². The van der Waals surface area contributed by atoms with E-state index in [0.717, 1.165) is 17.3 Å². The molecule has 2 heterocycles. The van der Waals surface area contributed by atoms with E-state index in [4.69, 9.17) is 24.9 Å². The fourth-order valence-electron chi connectivity index (χ4n) is 3.88. The summed E-state index contributed by atoms with van der Waals surface area (Å²) >= 11 is 1.16. The lowest BCUT2D eigenvalue weighted by molar-refractivity contribution is -0.139. The number of carbonyl (C=O) groups excluding carboxylic acids is 1. The molecule has 0 saturated heterocycles. The summed E-state index contributed by atoms with van der Waals surface area (Å²) in [6.45, 7) is 1.93. The van der Waals surface area contributed by atoms with Crippen LogP contribution in [0.1, 0.15) is 24.1 Å². The Bertz CT molecular complexity index is 1230. The summed E-state index contributed by atoms with van der Waals surface area (Å²) in [6.07, 6.45) is 0. The summed E-state index contributed by atoms with van der Waals surface area (Å²) in [7, 11) is 3.07. The average molecular weight is 463 g/mol. The molecule has 0 radical (unpaired) electrons. The maximum Gasteiger partial charge on any atom is 0.338 e. The van der Waals surface area contributed by atoms with Crippen LogP contribution in [0.15, 0.2) is 69.8 Å². The second-order valence-corrected chi connectivity index (χ2v) is 8.00. The molecule has 33 heavy (non-hydrogen) atoms. The Morgan fingerprint density at radius 2 is 1.94 bits per heavy atom. The third-order valence-corrected chi connectivity index (χ3v) is 6.23. The van der Waals surface area contributed by atoms with Crippen molar-refractivity contribution in [2.24, 2.45) is 10.7 Å². The van der Waals surface area contributed by atoms with E-state index in [1.54, 1.807) is 31.1 Å². The number of esters is 1. The summed E-state index contributed by atoms with van der Waals surface area (Å²) < 4.78 is 16.6. The number of hydrogen-bond donors (Lipinski definition) is 1. The number of allylic oxidation sites excluding steroid dienone is 1. The van der Waals surface area contributed by atoms with Crippen LogP contribution in [0.2, 0.25) is 0 Å². The van der Waals surface area contributed by atoms with Crippen molar-refractivity contribution in [3.05, 3.63) is 76.0 Å². The minimum absolute atomic E-state index is 0.187. The van der Waals surface area contributed by atoms with Crippen LogP contribution in [0.5, 0.6) is 11.5 Å². The first kappa shape index (κ1) is 22.3. The van der Waals surface area contributed by atoms with Gasteiger partial charge >= 0.3 is 5.97 Å². The number of ether oxygens (including phenoxy) is 3. The van der Waals surface area contributed by atoms with Crippen molar-refractivity contribution < 1.29 is 19.0 Å². The minimum Gasteiger partial charge on any atom is -0.493 e. The zero-order chi connectivity index (χ0) is 23.5. The number of amidine groups is 1. The topological polar surface area (TPSA) is 110 Å². The fourth-order valence-corrected chi connectivity index (χ4v) is 4.75. The first-order chi connectivity index (χ1) is 16.0. The van der Waals surface area contributed by atoms with E-state index in [-0.39, 0.29) is 12.4 Å². The number of rotatable bonds is 6. The Kier molecular flexibility index (Phi) is 6.29. The number of nitrogens with two attached hydrogens (primary N) is 1. The molecule has 0 spiro atoms. The molecule has 2 aliphatic heterocycles. The zero-order valence-electron chi connectivity index (χ0n) is 18.4. The van der Waals surface area contributed by atoms with Gasteiger partial charge in [-0.05, 0) is 24.8 Å². The highest BCUT2D eigenvalue weighted by Crippen LogP contribution is 2.50. The quantitative estimate of drug-likeness (QED) is 0.646. The minimum atomic E-state index is -0.754. The molecule has 1 atom stereocenters. The number of fused-ring (bicyclic) bond motifs is 1. The lowest BCUT2D eigenvalue weighted by atomic mass is 9.91. The van der Waals surface area contributed by atoms with Gasteiger partial charge in [0.25, 0.3) is 0 Å². The Morgan fingerprint density at radius 1 is 1.18 bits per heavy atom. The van der Waals surface area contributed by atoms with Gasteiger partial charge in [-0.1, -0.05) is 42.5 Å². The van der Waals surface area contributed by atoms with Gasteiger partial charge in [-0.2, -0.15) is 5.26 Å². The molecule has 2 aromatic carbocycles. The van der Waals surface area contributed by atoms with Crippen LogP contribution in [0.3, 0.4) is 0 Å². The van der Waals surface area contributed by atoms with Gasteiger partial charge in [0, 0.05) is 11.1 Å². The maximum atomic E-state index is 13.4. The van der Waals surface area contributed by atoms with Crippen LogP contribution in [0, 0.1) is 11.3 Å². The smallest absolute Gasteiger partial charge is 0.338 e. The highest BCUT2D eigenvalue weighted by atomic mass is 32.2. The van der Waals surface area contributed by atoms with Gasteiger partial charge in [0.15, 0.2) is 16.7 Å². The summed E-state index contributed by atoms with van der Waals surface area (Å²) in [5.41, 5.74) is 8.50. The molecule has 8 nitrogen and oxygen atoms in total. The lowest BCUT2D eigenvalue weighted by Crippen LogP contribution is -2.39. The molecule has 4 rings (SSSR count). The van der Waals surface area contributed by atoms with Gasteiger partial charge in [-0.25, -0.2) is 9.79 Å². The molecule has 2 aliphatic rings. The maximum absolute atomic E-state index is 13.4. The number of hydrogen-bond acceptors (Lipinski definition) is 9. The van der Waals surface area contributed by atoms with E-state index in [2.05, 4.69) is 6.07 Å². The molecule has 0 unspecified atom stereocenters. The van der Waals surface area contributed by atoms with Gasteiger partial charge in [-0.15, -0.1) is 0 Å². The van der Waals surface area contributed by atoms with Crippen LogP contribution in [-0.2, 0) is 9.53 Å². The summed E-state index contributed by atoms with van der Waals surface area (Å²) in [6, 6.07) is 16.1. The molecular formula is C24H22N4O4S. The molecule has 0 bridgehead atoms. The Hall–Kier alpha value is -3.90. The number of methoxy groups -OCH3 is 2. The average Bonchev–Trinajstić information content (AvgIpc) is 3.18. The normalized spacial score (nSPS) is 17.3. The standard InChI is InChI=1S/C24H22N4O4S/c1-4-32-23(29)18-19(14-9-6-5-7-10-14)27-24-28(22(26)17(13-25)33-24)20(18)15-11-8-12-16(30-2)21(15)31-3/h5-12,20H,4,26H2,1-3H3/t20-/m1/s1. The van der Waals surface area contributed by atoms with Crippen molar-refractivity contribution in [1.29, 1.82) is 5.26 Å². The van der Waals surface area contributed by atoms with E-state index in [0.29, 0.717) is 38.4 Å². The summed E-state index contributed by atoms with van der Waals surface area (Å²) in [4.78, 5) is 20.1.